The first-order chi connectivity index (χ1) is 16.0. The standard InChI is InChI=1S/C22H17F4N5O3/c1-9-5-11(23)3-4-16(9)34-21-17(10(2)12(7-28-21)22(24,25)26)13-6-15(32)18-14(30-13)8-29-31-19(18)20(27)33/h3-8,20,33H,27H2,1-2H3,(H,30,32). The van der Waals surface area contributed by atoms with Gasteiger partial charge in [-0.1, -0.05) is 0 Å². The van der Waals surface area contributed by atoms with Crippen LogP contribution in [0.15, 0.2) is 41.5 Å². The number of pyridine rings is 2. The smallest absolute Gasteiger partial charge is 0.418 e. The minimum absolute atomic E-state index is 0.0474. The van der Waals surface area contributed by atoms with E-state index in [1.807, 2.05) is 0 Å². The summed E-state index contributed by atoms with van der Waals surface area (Å²) >= 11 is 0. The number of benzene rings is 1. The number of alkyl halides is 3. The van der Waals surface area contributed by atoms with Crippen molar-refractivity contribution in [3.05, 3.63) is 75.1 Å². The molecule has 3 aromatic heterocycles. The number of aromatic nitrogens is 4. The van der Waals surface area contributed by atoms with Gasteiger partial charge < -0.3 is 20.6 Å². The first-order valence-electron chi connectivity index (χ1n) is 9.80. The van der Waals surface area contributed by atoms with E-state index in [-0.39, 0.29) is 45.0 Å². The molecule has 0 aliphatic heterocycles. The topological polar surface area (TPSA) is 127 Å². The number of rotatable bonds is 4. The van der Waals surface area contributed by atoms with Crippen LogP contribution in [-0.2, 0) is 6.18 Å². The Balaban J connectivity index is 1.99. The Morgan fingerprint density at radius 3 is 2.56 bits per heavy atom. The lowest BCUT2D eigenvalue weighted by atomic mass is 10.0. The summed E-state index contributed by atoms with van der Waals surface area (Å²) in [6.45, 7) is 2.78. The second-order valence-corrected chi connectivity index (χ2v) is 7.50. The molecule has 176 valence electrons. The van der Waals surface area contributed by atoms with E-state index in [9.17, 15) is 27.5 Å². The van der Waals surface area contributed by atoms with Gasteiger partial charge in [-0.2, -0.15) is 23.4 Å². The zero-order valence-electron chi connectivity index (χ0n) is 17.7. The monoisotopic (exact) mass is 475 g/mol. The molecule has 0 radical (unpaired) electrons. The number of aliphatic hydroxyl groups excluding tert-OH is 1. The van der Waals surface area contributed by atoms with Crippen molar-refractivity contribution in [2.24, 2.45) is 5.73 Å². The molecule has 0 spiro atoms. The summed E-state index contributed by atoms with van der Waals surface area (Å²) in [5.41, 5.74) is 3.58. The molecule has 0 bridgehead atoms. The zero-order valence-corrected chi connectivity index (χ0v) is 17.7. The Morgan fingerprint density at radius 1 is 1.18 bits per heavy atom. The molecule has 34 heavy (non-hydrogen) atoms. The van der Waals surface area contributed by atoms with Crippen LogP contribution in [0.3, 0.4) is 0 Å². The van der Waals surface area contributed by atoms with Crippen molar-refractivity contribution in [1.82, 2.24) is 20.2 Å². The third kappa shape index (κ3) is 4.20. The van der Waals surface area contributed by atoms with E-state index in [1.54, 1.807) is 6.92 Å². The maximum Gasteiger partial charge on any atom is 0.418 e. The summed E-state index contributed by atoms with van der Waals surface area (Å²) in [7, 11) is 0. The van der Waals surface area contributed by atoms with Gasteiger partial charge >= 0.3 is 6.18 Å². The number of H-pyrrole nitrogens is 1. The predicted molar refractivity (Wildman–Crippen MR) is 113 cm³/mol. The average Bonchev–Trinajstić information content (AvgIpc) is 2.74. The third-order valence-corrected chi connectivity index (χ3v) is 5.17. The van der Waals surface area contributed by atoms with Crippen LogP contribution in [-0.4, -0.2) is 25.3 Å². The Hall–Kier alpha value is -3.90. The van der Waals surface area contributed by atoms with E-state index in [0.717, 1.165) is 12.1 Å². The SMILES string of the molecule is Cc1cc(F)ccc1Oc1ncc(C(F)(F)F)c(C)c1-c1cc(=O)c2c(C(N)O)nncc2[nH]1. The van der Waals surface area contributed by atoms with E-state index in [2.05, 4.69) is 20.2 Å². The quantitative estimate of drug-likeness (QED) is 0.302. The van der Waals surface area contributed by atoms with Gasteiger partial charge in [-0.25, -0.2) is 9.37 Å². The van der Waals surface area contributed by atoms with E-state index in [0.29, 0.717) is 11.8 Å². The second-order valence-electron chi connectivity index (χ2n) is 7.50. The molecule has 4 rings (SSSR count). The van der Waals surface area contributed by atoms with E-state index in [4.69, 9.17) is 10.5 Å². The molecule has 8 nitrogen and oxygen atoms in total. The number of nitrogens with zero attached hydrogens (tertiary/aromatic N) is 3. The van der Waals surface area contributed by atoms with Gasteiger partial charge in [0, 0.05) is 12.3 Å². The number of aromatic amines is 1. The van der Waals surface area contributed by atoms with Crippen molar-refractivity contribution in [2.75, 3.05) is 0 Å². The molecule has 0 aliphatic carbocycles. The van der Waals surface area contributed by atoms with Gasteiger partial charge in [0.25, 0.3) is 0 Å². The van der Waals surface area contributed by atoms with Gasteiger partial charge in [0.1, 0.15) is 23.5 Å². The van der Waals surface area contributed by atoms with Crippen molar-refractivity contribution in [1.29, 1.82) is 0 Å². The number of halogens is 4. The van der Waals surface area contributed by atoms with Crippen molar-refractivity contribution in [3.8, 4) is 22.9 Å². The van der Waals surface area contributed by atoms with Gasteiger partial charge in [0.05, 0.1) is 33.9 Å². The van der Waals surface area contributed by atoms with E-state index < -0.39 is 29.2 Å². The van der Waals surface area contributed by atoms with Crippen LogP contribution in [0.5, 0.6) is 11.6 Å². The first kappa shape index (κ1) is 23.3. The molecule has 0 fully saturated rings. The number of aliphatic hydroxyl groups is 1. The summed E-state index contributed by atoms with van der Waals surface area (Å²) in [5, 5.41) is 17.0. The third-order valence-electron chi connectivity index (χ3n) is 5.17. The molecule has 0 amide bonds. The molecule has 12 heteroatoms. The normalized spacial score (nSPS) is 12.7. The van der Waals surface area contributed by atoms with Crippen LogP contribution in [0.2, 0.25) is 0 Å². The zero-order chi connectivity index (χ0) is 24.8. The Bertz CT molecular complexity index is 1470. The van der Waals surface area contributed by atoms with E-state index >= 15 is 0 Å². The van der Waals surface area contributed by atoms with Crippen molar-refractivity contribution >= 4 is 10.9 Å². The van der Waals surface area contributed by atoms with Gasteiger partial charge in [-0.15, -0.1) is 0 Å². The molecule has 4 N–H and O–H groups in total. The lowest BCUT2D eigenvalue weighted by Crippen LogP contribution is -2.17. The minimum Gasteiger partial charge on any atom is -0.438 e. The van der Waals surface area contributed by atoms with Gasteiger partial charge in [0.15, 0.2) is 5.43 Å². The molecule has 1 aromatic carbocycles. The minimum atomic E-state index is -4.73. The van der Waals surface area contributed by atoms with Crippen LogP contribution >= 0.6 is 0 Å². The number of ether oxygens (including phenoxy) is 1. The maximum absolute atomic E-state index is 13.6. The highest BCUT2D eigenvalue weighted by Crippen LogP contribution is 2.41. The summed E-state index contributed by atoms with van der Waals surface area (Å²) in [6.07, 6.45) is -4.52. The number of nitrogens with one attached hydrogen (secondary N) is 1. The summed E-state index contributed by atoms with van der Waals surface area (Å²) in [4.78, 5) is 19.6. The van der Waals surface area contributed by atoms with Crippen molar-refractivity contribution < 1.29 is 27.4 Å². The van der Waals surface area contributed by atoms with Crippen LogP contribution in [0, 0.1) is 19.7 Å². The largest absolute Gasteiger partial charge is 0.438 e. The van der Waals surface area contributed by atoms with Crippen LogP contribution in [0.4, 0.5) is 17.6 Å². The van der Waals surface area contributed by atoms with Crippen molar-refractivity contribution in [3.63, 3.8) is 0 Å². The molecule has 3 heterocycles. The first-order valence-corrected chi connectivity index (χ1v) is 9.80. The highest BCUT2D eigenvalue weighted by molar-refractivity contribution is 5.84. The van der Waals surface area contributed by atoms with Gasteiger partial charge in [0.2, 0.25) is 5.88 Å². The fraction of sp³-hybridized carbons (Fsp3) is 0.182. The fourth-order valence-electron chi connectivity index (χ4n) is 3.57. The molecular weight excluding hydrogens is 458 g/mol. The number of fused-ring (bicyclic) bond motifs is 1. The van der Waals surface area contributed by atoms with Crippen LogP contribution < -0.4 is 15.9 Å². The Morgan fingerprint density at radius 2 is 1.91 bits per heavy atom. The van der Waals surface area contributed by atoms with Gasteiger partial charge in [-0.3, -0.25) is 4.79 Å². The summed E-state index contributed by atoms with van der Waals surface area (Å²) < 4.78 is 60.1. The number of nitrogens with two attached hydrogens (primary N) is 1. The molecular formula is C22H17F4N5O3. The highest BCUT2D eigenvalue weighted by Gasteiger charge is 2.35. The maximum atomic E-state index is 13.6. The van der Waals surface area contributed by atoms with Crippen LogP contribution in [0.25, 0.3) is 22.2 Å². The number of aryl methyl sites for hydroxylation is 1. The lowest BCUT2D eigenvalue weighted by Gasteiger charge is -2.18. The molecule has 1 atom stereocenters. The number of hydrogen-bond donors (Lipinski definition) is 3. The fourth-order valence-corrected chi connectivity index (χ4v) is 3.57. The van der Waals surface area contributed by atoms with Crippen molar-refractivity contribution in [2.45, 2.75) is 26.3 Å². The summed E-state index contributed by atoms with van der Waals surface area (Å²) in [6, 6.07) is 4.68. The Labute approximate surface area is 189 Å². The number of hydrogen-bond acceptors (Lipinski definition) is 7. The average molecular weight is 475 g/mol. The molecule has 0 aliphatic rings. The highest BCUT2D eigenvalue weighted by atomic mass is 19.4. The van der Waals surface area contributed by atoms with Gasteiger partial charge in [-0.05, 0) is 43.2 Å². The predicted octanol–water partition coefficient (Wildman–Crippen LogP) is 3.90. The summed E-state index contributed by atoms with van der Waals surface area (Å²) in [5.74, 6) is -0.590. The molecule has 0 saturated heterocycles. The lowest BCUT2D eigenvalue weighted by molar-refractivity contribution is -0.138. The molecule has 0 saturated carbocycles. The van der Waals surface area contributed by atoms with E-state index in [1.165, 1.54) is 25.3 Å². The Kier molecular flexibility index (Phi) is 5.79. The van der Waals surface area contributed by atoms with Crippen LogP contribution in [0.1, 0.15) is 28.6 Å². The molecule has 1 unspecified atom stereocenters. The molecule has 4 aromatic rings. The second kappa shape index (κ2) is 8.47.